The van der Waals surface area contributed by atoms with E-state index in [1.54, 1.807) is 24.3 Å². The van der Waals surface area contributed by atoms with Gasteiger partial charge >= 0.3 is 0 Å². The van der Waals surface area contributed by atoms with Crippen molar-refractivity contribution in [2.24, 2.45) is 5.84 Å². The molecule has 1 aromatic rings. The minimum Gasteiger partial charge on any atom is -0.492 e. The van der Waals surface area contributed by atoms with Gasteiger partial charge in [0.2, 0.25) is 0 Å². The topological polar surface area (TPSA) is 67.6 Å². The van der Waals surface area contributed by atoms with Crippen LogP contribution < -0.4 is 16.0 Å². The van der Waals surface area contributed by atoms with Gasteiger partial charge < -0.3 is 9.64 Å². The number of ether oxygens (including phenoxy) is 1. The molecule has 0 saturated heterocycles. The van der Waals surface area contributed by atoms with Gasteiger partial charge in [0.1, 0.15) is 12.4 Å². The maximum Gasteiger partial charge on any atom is 0.265 e. The molecule has 0 saturated carbocycles. The molecule has 0 bridgehead atoms. The molecule has 0 aliphatic carbocycles. The van der Waals surface area contributed by atoms with Gasteiger partial charge in [0, 0.05) is 18.2 Å². The quantitative estimate of drug-likeness (QED) is 0.450. The van der Waals surface area contributed by atoms with E-state index in [0.717, 1.165) is 12.3 Å². The summed E-state index contributed by atoms with van der Waals surface area (Å²) < 4.78 is 5.59. The van der Waals surface area contributed by atoms with Crippen LogP contribution in [0.5, 0.6) is 5.75 Å². The van der Waals surface area contributed by atoms with Crippen LogP contribution in [0, 0.1) is 0 Å². The number of nitrogens with two attached hydrogens (primary N) is 1. The van der Waals surface area contributed by atoms with Crippen molar-refractivity contribution in [2.75, 3.05) is 20.2 Å². The van der Waals surface area contributed by atoms with Crippen LogP contribution in [-0.2, 0) is 0 Å². The van der Waals surface area contributed by atoms with Crippen molar-refractivity contribution in [3.63, 3.8) is 0 Å². The second kappa shape index (κ2) is 6.98. The number of nitrogen functional groups attached to an aromatic ring is 1. The Hall–Kier alpha value is -1.59. The number of hydrogen-bond acceptors (Lipinski definition) is 4. The first kappa shape index (κ1) is 14.5. The fourth-order valence-corrected chi connectivity index (χ4v) is 1.35. The van der Waals surface area contributed by atoms with Crippen LogP contribution >= 0.6 is 0 Å². The van der Waals surface area contributed by atoms with Crippen LogP contribution in [0.2, 0.25) is 0 Å². The molecule has 0 aromatic heterocycles. The van der Waals surface area contributed by atoms with Crippen molar-refractivity contribution in [3.8, 4) is 5.75 Å². The molecule has 0 heterocycles. The predicted molar refractivity (Wildman–Crippen MR) is 71.4 cm³/mol. The number of carbonyl (C=O) groups is 1. The Balaban J connectivity index is 2.42. The van der Waals surface area contributed by atoms with Gasteiger partial charge in [0.15, 0.2) is 0 Å². The molecule has 3 N–H and O–H groups in total. The lowest BCUT2D eigenvalue weighted by Crippen LogP contribution is -2.30. The van der Waals surface area contributed by atoms with Crippen LogP contribution in [0.15, 0.2) is 24.3 Å². The van der Waals surface area contributed by atoms with E-state index in [1.165, 1.54) is 0 Å². The molecular formula is C13H21N3O2. The summed E-state index contributed by atoms with van der Waals surface area (Å²) in [7, 11) is 2.06. The standard InChI is InChI=1S/C13H21N3O2/c1-10(2)16(3)8-9-18-12-6-4-11(5-7-12)13(17)15-14/h4-7,10H,8-9,14H2,1-3H3,(H,15,17). The molecule has 0 unspecified atom stereocenters. The lowest BCUT2D eigenvalue weighted by atomic mass is 10.2. The molecule has 1 amide bonds. The third-order valence-corrected chi connectivity index (χ3v) is 2.84. The predicted octanol–water partition coefficient (Wildman–Crippen LogP) is 1.01. The maximum absolute atomic E-state index is 11.2. The van der Waals surface area contributed by atoms with Crippen molar-refractivity contribution in [1.82, 2.24) is 10.3 Å². The zero-order valence-corrected chi connectivity index (χ0v) is 11.1. The van der Waals surface area contributed by atoms with E-state index in [4.69, 9.17) is 10.6 Å². The summed E-state index contributed by atoms with van der Waals surface area (Å²) in [5.74, 6) is 5.49. The SMILES string of the molecule is CC(C)N(C)CCOc1ccc(C(=O)NN)cc1. The zero-order valence-electron chi connectivity index (χ0n) is 11.1. The Labute approximate surface area is 108 Å². The fourth-order valence-electron chi connectivity index (χ4n) is 1.35. The number of hydrogen-bond donors (Lipinski definition) is 2. The van der Waals surface area contributed by atoms with Crippen LogP contribution in [-0.4, -0.2) is 37.0 Å². The summed E-state index contributed by atoms with van der Waals surface area (Å²) in [5.41, 5.74) is 2.60. The van der Waals surface area contributed by atoms with Gasteiger partial charge in [-0.2, -0.15) is 0 Å². The first-order chi connectivity index (χ1) is 8.54. The van der Waals surface area contributed by atoms with E-state index in [9.17, 15) is 4.79 Å². The molecule has 5 heteroatoms. The third kappa shape index (κ3) is 4.35. The van der Waals surface area contributed by atoms with E-state index >= 15 is 0 Å². The average Bonchev–Trinajstić information content (AvgIpc) is 2.38. The number of rotatable bonds is 6. The Morgan fingerprint density at radius 2 is 2.00 bits per heavy atom. The Kier molecular flexibility index (Phi) is 5.61. The summed E-state index contributed by atoms with van der Waals surface area (Å²) in [6.07, 6.45) is 0. The molecule has 1 rings (SSSR count). The van der Waals surface area contributed by atoms with Gasteiger partial charge in [-0.15, -0.1) is 0 Å². The molecule has 18 heavy (non-hydrogen) atoms. The van der Waals surface area contributed by atoms with Gasteiger partial charge in [-0.05, 0) is 45.2 Å². The molecule has 1 aromatic carbocycles. The Morgan fingerprint density at radius 3 is 2.50 bits per heavy atom. The molecular weight excluding hydrogens is 230 g/mol. The second-order valence-corrected chi connectivity index (χ2v) is 4.42. The first-order valence-electron chi connectivity index (χ1n) is 5.98. The summed E-state index contributed by atoms with van der Waals surface area (Å²) in [5, 5.41) is 0. The Bertz CT molecular complexity index is 376. The highest BCUT2D eigenvalue weighted by Gasteiger charge is 2.04. The number of hydrazine groups is 1. The van der Waals surface area contributed by atoms with Crippen molar-refractivity contribution in [2.45, 2.75) is 19.9 Å². The monoisotopic (exact) mass is 251 g/mol. The molecule has 0 atom stereocenters. The average molecular weight is 251 g/mol. The maximum atomic E-state index is 11.2. The van der Waals surface area contributed by atoms with E-state index in [1.807, 2.05) is 0 Å². The lowest BCUT2D eigenvalue weighted by Gasteiger charge is -2.20. The highest BCUT2D eigenvalue weighted by molar-refractivity contribution is 5.93. The minimum absolute atomic E-state index is 0.305. The fraction of sp³-hybridized carbons (Fsp3) is 0.462. The smallest absolute Gasteiger partial charge is 0.265 e. The van der Waals surface area contributed by atoms with Crippen molar-refractivity contribution < 1.29 is 9.53 Å². The molecule has 100 valence electrons. The molecule has 0 radical (unpaired) electrons. The van der Waals surface area contributed by atoms with Crippen LogP contribution in [0.4, 0.5) is 0 Å². The highest BCUT2D eigenvalue weighted by Crippen LogP contribution is 2.12. The number of carbonyl (C=O) groups excluding carboxylic acids is 1. The van der Waals surface area contributed by atoms with Crippen LogP contribution in [0.3, 0.4) is 0 Å². The van der Waals surface area contributed by atoms with Gasteiger partial charge in [-0.3, -0.25) is 10.2 Å². The number of amides is 1. The Morgan fingerprint density at radius 1 is 1.39 bits per heavy atom. The van der Waals surface area contributed by atoms with Crippen LogP contribution in [0.25, 0.3) is 0 Å². The summed E-state index contributed by atoms with van der Waals surface area (Å²) in [4.78, 5) is 13.4. The molecule has 5 nitrogen and oxygen atoms in total. The summed E-state index contributed by atoms with van der Waals surface area (Å²) in [6, 6.07) is 7.40. The van der Waals surface area contributed by atoms with E-state index in [2.05, 4.69) is 31.2 Å². The van der Waals surface area contributed by atoms with Gasteiger partial charge in [0.25, 0.3) is 5.91 Å². The highest BCUT2D eigenvalue weighted by atomic mass is 16.5. The number of benzene rings is 1. The summed E-state index contributed by atoms with van der Waals surface area (Å²) >= 11 is 0. The molecule has 0 aliphatic rings. The zero-order chi connectivity index (χ0) is 13.5. The van der Waals surface area contributed by atoms with Crippen molar-refractivity contribution in [3.05, 3.63) is 29.8 Å². The first-order valence-corrected chi connectivity index (χ1v) is 5.98. The van der Waals surface area contributed by atoms with Crippen molar-refractivity contribution >= 4 is 5.91 Å². The van der Waals surface area contributed by atoms with Crippen LogP contribution in [0.1, 0.15) is 24.2 Å². The second-order valence-electron chi connectivity index (χ2n) is 4.42. The largest absolute Gasteiger partial charge is 0.492 e. The van der Waals surface area contributed by atoms with Crippen molar-refractivity contribution in [1.29, 1.82) is 0 Å². The van der Waals surface area contributed by atoms with E-state index in [0.29, 0.717) is 18.2 Å². The van der Waals surface area contributed by atoms with Gasteiger partial charge in [-0.25, -0.2) is 5.84 Å². The number of nitrogens with zero attached hydrogens (tertiary/aromatic N) is 1. The molecule has 0 aliphatic heterocycles. The van der Waals surface area contributed by atoms with E-state index < -0.39 is 0 Å². The normalized spacial score (nSPS) is 10.8. The van der Waals surface area contributed by atoms with E-state index in [-0.39, 0.29) is 5.91 Å². The number of nitrogens with one attached hydrogen (secondary N) is 1. The summed E-state index contributed by atoms with van der Waals surface area (Å²) in [6.45, 7) is 5.76. The third-order valence-electron chi connectivity index (χ3n) is 2.84. The minimum atomic E-state index is -0.305. The lowest BCUT2D eigenvalue weighted by molar-refractivity contribution is 0.0953. The molecule has 0 fully saturated rings. The van der Waals surface area contributed by atoms with Gasteiger partial charge in [0.05, 0.1) is 0 Å². The van der Waals surface area contributed by atoms with Gasteiger partial charge in [-0.1, -0.05) is 0 Å². The number of likely N-dealkylation sites (N-methyl/N-ethyl adjacent to an activating group) is 1. The molecule has 0 spiro atoms.